The molecule has 1 atom stereocenters. The SMILES string of the molecule is CN1CCC(Oc2ccc(Br)c(F)c2)C1=O. The van der Waals surface area contributed by atoms with E-state index in [0.717, 1.165) is 0 Å². The number of carbonyl (C=O) groups excluding carboxylic acids is 1. The summed E-state index contributed by atoms with van der Waals surface area (Å²) in [5, 5.41) is 0. The summed E-state index contributed by atoms with van der Waals surface area (Å²) in [6.07, 6.45) is 0.165. The van der Waals surface area contributed by atoms with Crippen LogP contribution in [-0.4, -0.2) is 30.5 Å². The van der Waals surface area contributed by atoms with Crippen LogP contribution >= 0.6 is 15.9 Å². The van der Waals surface area contributed by atoms with Gasteiger partial charge in [0, 0.05) is 26.1 Å². The number of benzene rings is 1. The van der Waals surface area contributed by atoms with E-state index in [1.807, 2.05) is 0 Å². The minimum Gasteiger partial charge on any atom is -0.480 e. The van der Waals surface area contributed by atoms with E-state index in [9.17, 15) is 9.18 Å². The third-order valence-corrected chi connectivity index (χ3v) is 3.19. The van der Waals surface area contributed by atoms with Gasteiger partial charge in [0.05, 0.1) is 4.47 Å². The first-order valence-corrected chi connectivity index (χ1v) is 5.74. The van der Waals surface area contributed by atoms with Gasteiger partial charge in [-0.25, -0.2) is 4.39 Å². The molecule has 1 amide bonds. The molecule has 1 aromatic carbocycles. The van der Waals surface area contributed by atoms with Crippen molar-refractivity contribution in [2.75, 3.05) is 13.6 Å². The Hall–Kier alpha value is -1.10. The lowest BCUT2D eigenvalue weighted by molar-refractivity contribution is -0.132. The Bertz CT molecular complexity index is 424. The zero-order valence-corrected chi connectivity index (χ0v) is 10.3. The van der Waals surface area contributed by atoms with E-state index in [4.69, 9.17) is 4.74 Å². The van der Waals surface area contributed by atoms with Gasteiger partial charge in [0.1, 0.15) is 11.6 Å². The van der Waals surface area contributed by atoms with Crippen molar-refractivity contribution in [1.29, 1.82) is 0 Å². The topological polar surface area (TPSA) is 29.5 Å². The first kappa shape index (κ1) is 11.4. The van der Waals surface area contributed by atoms with Crippen molar-refractivity contribution in [3.05, 3.63) is 28.5 Å². The largest absolute Gasteiger partial charge is 0.480 e. The Labute approximate surface area is 101 Å². The molecule has 86 valence electrons. The molecule has 0 radical (unpaired) electrons. The molecule has 1 unspecified atom stereocenters. The van der Waals surface area contributed by atoms with Crippen LogP contribution in [0.2, 0.25) is 0 Å². The maximum absolute atomic E-state index is 13.2. The van der Waals surface area contributed by atoms with Crippen molar-refractivity contribution < 1.29 is 13.9 Å². The number of hydrogen-bond acceptors (Lipinski definition) is 2. The molecule has 0 bridgehead atoms. The Balaban J connectivity index is 2.10. The number of amides is 1. The van der Waals surface area contributed by atoms with Crippen molar-refractivity contribution in [3.63, 3.8) is 0 Å². The van der Waals surface area contributed by atoms with Crippen LogP contribution in [0.15, 0.2) is 22.7 Å². The fourth-order valence-electron chi connectivity index (χ4n) is 1.61. The van der Waals surface area contributed by atoms with Gasteiger partial charge in [0.2, 0.25) is 0 Å². The first-order chi connectivity index (χ1) is 7.58. The van der Waals surface area contributed by atoms with E-state index in [1.165, 1.54) is 6.07 Å². The molecule has 0 aliphatic carbocycles. The second-order valence-corrected chi connectivity index (χ2v) is 4.59. The van der Waals surface area contributed by atoms with Crippen molar-refractivity contribution >= 4 is 21.8 Å². The van der Waals surface area contributed by atoms with Crippen molar-refractivity contribution in [3.8, 4) is 5.75 Å². The Kier molecular flexibility index (Phi) is 3.14. The second-order valence-electron chi connectivity index (χ2n) is 3.73. The molecule has 0 spiro atoms. The molecule has 1 aliphatic rings. The molecule has 0 saturated carbocycles. The maximum atomic E-state index is 13.2. The summed E-state index contributed by atoms with van der Waals surface area (Å²) in [7, 11) is 1.73. The van der Waals surface area contributed by atoms with Crippen LogP contribution in [0.5, 0.6) is 5.75 Å². The van der Waals surface area contributed by atoms with E-state index in [1.54, 1.807) is 24.1 Å². The standard InChI is InChI=1S/C11H11BrFNO2/c1-14-5-4-10(11(14)15)16-7-2-3-8(12)9(13)6-7/h2-3,6,10H,4-5H2,1H3. The number of likely N-dealkylation sites (N-methyl/N-ethyl adjacent to an activating group) is 1. The van der Waals surface area contributed by atoms with E-state index in [0.29, 0.717) is 23.2 Å². The lowest BCUT2D eigenvalue weighted by atomic mass is 10.3. The van der Waals surface area contributed by atoms with Gasteiger partial charge in [-0.15, -0.1) is 0 Å². The summed E-state index contributed by atoms with van der Waals surface area (Å²) in [5.74, 6) is -0.0611. The average Bonchev–Trinajstić information content (AvgIpc) is 2.55. The summed E-state index contributed by atoms with van der Waals surface area (Å²) < 4.78 is 19.0. The van der Waals surface area contributed by atoms with Gasteiger partial charge in [0.15, 0.2) is 6.10 Å². The third kappa shape index (κ3) is 2.19. The summed E-state index contributed by atoms with van der Waals surface area (Å²) in [5.41, 5.74) is 0. The van der Waals surface area contributed by atoms with E-state index in [2.05, 4.69) is 15.9 Å². The molecule has 3 nitrogen and oxygen atoms in total. The third-order valence-electron chi connectivity index (χ3n) is 2.55. The van der Waals surface area contributed by atoms with Crippen LogP contribution in [-0.2, 0) is 4.79 Å². The number of halogens is 2. The fourth-order valence-corrected chi connectivity index (χ4v) is 1.86. The lowest BCUT2D eigenvalue weighted by Gasteiger charge is -2.13. The van der Waals surface area contributed by atoms with Crippen LogP contribution in [0, 0.1) is 5.82 Å². The van der Waals surface area contributed by atoms with Gasteiger partial charge >= 0.3 is 0 Å². The van der Waals surface area contributed by atoms with Crippen LogP contribution in [0.1, 0.15) is 6.42 Å². The molecule has 5 heteroatoms. The summed E-state index contributed by atoms with van der Waals surface area (Å²) in [6.45, 7) is 0.683. The monoisotopic (exact) mass is 287 g/mol. The maximum Gasteiger partial charge on any atom is 0.263 e. The predicted octanol–water partition coefficient (Wildman–Crippen LogP) is 2.20. The van der Waals surface area contributed by atoms with Gasteiger partial charge < -0.3 is 9.64 Å². The van der Waals surface area contributed by atoms with Crippen molar-refractivity contribution in [2.45, 2.75) is 12.5 Å². The summed E-state index contributed by atoms with van der Waals surface area (Å²) >= 11 is 3.06. The highest BCUT2D eigenvalue weighted by molar-refractivity contribution is 9.10. The summed E-state index contributed by atoms with van der Waals surface area (Å²) in [6, 6.07) is 4.47. The Morgan fingerprint density at radius 3 is 2.88 bits per heavy atom. The number of rotatable bonds is 2. The lowest BCUT2D eigenvalue weighted by Crippen LogP contribution is -2.29. The van der Waals surface area contributed by atoms with E-state index >= 15 is 0 Å². The van der Waals surface area contributed by atoms with Crippen LogP contribution in [0.4, 0.5) is 4.39 Å². The summed E-state index contributed by atoms with van der Waals surface area (Å²) in [4.78, 5) is 13.2. The van der Waals surface area contributed by atoms with E-state index < -0.39 is 11.9 Å². The Morgan fingerprint density at radius 2 is 2.31 bits per heavy atom. The number of carbonyl (C=O) groups is 1. The molecule has 1 aliphatic heterocycles. The molecule has 2 rings (SSSR count). The zero-order chi connectivity index (χ0) is 11.7. The molecular formula is C11H11BrFNO2. The smallest absolute Gasteiger partial charge is 0.263 e. The minimum absolute atomic E-state index is 0.0525. The number of hydrogen-bond donors (Lipinski definition) is 0. The quantitative estimate of drug-likeness (QED) is 0.835. The normalized spacial score (nSPS) is 20.3. The average molecular weight is 288 g/mol. The van der Waals surface area contributed by atoms with Gasteiger partial charge in [-0.2, -0.15) is 0 Å². The van der Waals surface area contributed by atoms with Crippen LogP contribution in [0.3, 0.4) is 0 Å². The van der Waals surface area contributed by atoms with Gasteiger partial charge in [0.25, 0.3) is 5.91 Å². The van der Waals surface area contributed by atoms with Gasteiger partial charge in [-0.3, -0.25) is 4.79 Å². The van der Waals surface area contributed by atoms with Crippen LogP contribution in [0.25, 0.3) is 0 Å². The molecule has 1 heterocycles. The predicted molar refractivity (Wildman–Crippen MR) is 60.8 cm³/mol. The van der Waals surface area contributed by atoms with Crippen molar-refractivity contribution in [1.82, 2.24) is 4.90 Å². The van der Waals surface area contributed by atoms with E-state index in [-0.39, 0.29) is 5.91 Å². The molecular weight excluding hydrogens is 277 g/mol. The van der Waals surface area contributed by atoms with Crippen LogP contribution < -0.4 is 4.74 Å². The molecule has 0 N–H and O–H groups in total. The first-order valence-electron chi connectivity index (χ1n) is 4.94. The highest BCUT2D eigenvalue weighted by Crippen LogP contribution is 2.23. The highest BCUT2D eigenvalue weighted by atomic mass is 79.9. The molecule has 16 heavy (non-hydrogen) atoms. The van der Waals surface area contributed by atoms with Gasteiger partial charge in [-0.05, 0) is 28.1 Å². The zero-order valence-electron chi connectivity index (χ0n) is 8.74. The Morgan fingerprint density at radius 1 is 1.56 bits per heavy atom. The molecule has 1 fully saturated rings. The highest BCUT2D eigenvalue weighted by Gasteiger charge is 2.30. The van der Waals surface area contributed by atoms with Crippen molar-refractivity contribution in [2.24, 2.45) is 0 Å². The minimum atomic E-state index is -0.481. The fraction of sp³-hybridized carbons (Fsp3) is 0.364. The number of nitrogens with zero attached hydrogens (tertiary/aromatic N) is 1. The van der Waals surface area contributed by atoms with Gasteiger partial charge in [-0.1, -0.05) is 0 Å². The number of likely N-dealkylation sites (tertiary alicyclic amines) is 1. The molecule has 1 aromatic rings. The second kappa shape index (κ2) is 4.41. The molecule has 1 saturated heterocycles. The molecule has 0 aromatic heterocycles. The number of ether oxygens (including phenoxy) is 1.